The molecule has 128 valence electrons. The summed E-state index contributed by atoms with van der Waals surface area (Å²) < 4.78 is 11.2. The Morgan fingerprint density at radius 3 is 2.92 bits per heavy atom. The fourth-order valence-electron chi connectivity index (χ4n) is 2.27. The van der Waals surface area contributed by atoms with Crippen molar-refractivity contribution in [3.05, 3.63) is 27.7 Å². The molecule has 1 aromatic carbocycles. The summed E-state index contributed by atoms with van der Waals surface area (Å²) in [6, 6.07) is 3.21. The first-order chi connectivity index (χ1) is 11.5. The molecule has 0 saturated heterocycles. The zero-order chi connectivity index (χ0) is 17.1. The quantitative estimate of drug-likeness (QED) is 0.889. The van der Waals surface area contributed by atoms with Crippen LogP contribution >= 0.6 is 22.9 Å². The van der Waals surface area contributed by atoms with Gasteiger partial charge >= 0.3 is 0 Å². The number of rotatable bonds is 4. The first kappa shape index (κ1) is 17.0. The molecule has 1 aliphatic heterocycles. The second-order valence-corrected chi connectivity index (χ2v) is 7.36. The number of nitrogens with zero attached hydrogens (tertiary/aromatic N) is 2. The summed E-state index contributed by atoms with van der Waals surface area (Å²) in [5.41, 5.74) is 0.393. The highest BCUT2D eigenvalue weighted by Crippen LogP contribution is 2.38. The van der Waals surface area contributed by atoms with Crippen LogP contribution in [0.15, 0.2) is 12.1 Å². The Bertz CT molecular complexity index is 748. The number of benzene rings is 1. The van der Waals surface area contributed by atoms with Crippen molar-refractivity contribution in [1.29, 1.82) is 0 Å². The van der Waals surface area contributed by atoms with Crippen molar-refractivity contribution in [3.63, 3.8) is 0 Å². The van der Waals surface area contributed by atoms with E-state index in [0.717, 1.165) is 17.8 Å². The highest BCUT2D eigenvalue weighted by molar-refractivity contribution is 7.15. The number of anilines is 1. The van der Waals surface area contributed by atoms with Crippen molar-refractivity contribution in [3.8, 4) is 11.5 Å². The number of hydrogen-bond donors (Lipinski definition) is 1. The number of carbonyl (C=O) groups is 1. The number of nitrogens with one attached hydrogen (secondary N) is 1. The van der Waals surface area contributed by atoms with Gasteiger partial charge in [-0.2, -0.15) is 0 Å². The highest BCUT2D eigenvalue weighted by atomic mass is 35.5. The van der Waals surface area contributed by atoms with Crippen LogP contribution in [0.1, 0.15) is 35.6 Å². The molecule has 1 N–H and O–H groups in total. The molecule has 0 aliphatic carbocycles. The van der Waals surface area contributed by atoms with Crippen LogP contribution in [-0.2, 0) is 6.42 Å². The fraction of sp³-hybridized carbons (Fsp3) is 0.438. The van der Waals surface area contributed by atoms with Crippen molar-refractivity contribution >= 4 is 34.0 Å². The maximum atomic E-state index is 12.4. The van der Waals surface area contributed by atoms with E-state index in [1.165, 1.54) is 11.3 Å². The highest BCUT2D eigenvalue weighted by Gasteiger charge is 2.19. The lowest BCUT2D eigenvalue weighted by Crippen LogP contribution is -2.12. The van der Waals surface area contributed by atoms with E-state index in [1.54, 1.807) is 12.1 Å². The molecule has 3 rings (SSSR count). The fourth-order valence-corrected chi connectivity index (χ4v) is 3.48. The molecule has 0 atom stereocenters. The van der Waals surface area contributed by atoms with Gasteiger partial charge in [-0.25, -0.2) is 0 Å². The number of carbonyl (C=O) groups excluding carboxylic acids is 1. The predicted molar refractivity (Wildman–Crippen MR) is 93.5 cm³/mol. The van der Waals surface area contributed by atoms with Gasteiger partial charge in [-0.3, -0.25) is 10.1 Å². The van der Waals surface area contributed by atoms with Crippen LogP contribution in [0.25, 0.3) is 0 Å². The monoisotopic (exact) mass is 367 g/mol. The van der Waals surface area contributed by atoms with Crippen molar-refractivity contribution in [1.82, 2.24) is 10.2 Å². The molecule has 0 spiro atoms. The first-order valence-corrected chi connectivity index (χ1v) is 8.95. The molecule has 1 aromatic heterocycles. The molecule has 6 nitrogen and oxygen atoms in total. The van der Waals surface area contributed by atoms with Crippen LogP contribution in [0.2, 0.25) is 5.02 Å². The summed E-state index contributed by atoms with van der Waals surface area (Å²) in [5.74, 6) is 1.16. The molecule has 2 aromatic rings. The van der Waals surface area contributed by atoms with E-state index < -0.39 is 0 Å². The van der Waals surface area contributed by atoms with Crippen molar-refractivity contribution < 1.29 is 14.3 Å². The molecular weight excluding hydrogens is 350 g/mol. The molecule has 8 heteroatoms. The molecule has 24 heavy (non-hydrogen) atoms. The maximum absolute atomic E-state index is 12.4. The van der Waals surface area contributed by atoms with E-state index in [0.29, 0.717) is 46.3 Å². The van der Waals surface area contributed by atoms with E-state index in [2.05, 4.69) is 29.4 Å². The lowest BCUT2D eigenvalue weighted by Gasteiger charge is -2.11. The van der Waals surface area contributed by atoms with E-state index in [1.807, 2.05) is 0 Å². The van der Waals surface area contributed by atoms with Crippen LogP contribution in [0, 0.1) is 5.92 Å². The number of aromatic nitrogens is 2. The Morgan fingerprint density at radius 1 is 1.33 bits per heavy atom. The van der Waals surface area contributed by atoms with Crippen LogP contribution in [0.4, 0.5) is 5.13 Å². The third kappa shape index (κ3) is 3.96. The van der Waals surface area contributed by atoms with Gasteiger partial charge in [0, 0.05) is 18.4 Å². The summed E-state index contributed by atoms with van der Waals surface area (Å²) in [7, 11) is 0. The van der Waals surface area contributed by atoms with Gasteiger partial charge in [0.15, 0.2) is 11.5 Å². The standard InChI is InChI=1S/C16H18ClN3O3S/c1-9(2)6-13-19-20-16(24-13)18-15(21)10-7-11(17)14-12(8-10)22-4-3-5-23-14/h7-9H,3-6H2,1-2H3,(H,18,20,21). The van der Waals surface area contributed by atoms with Gasteiger partial charge < -0.3 is 9.47 Å². The summed E-state index contributed by atoms with van der Waals surface area (Å²) in [5, 5.41) is 12.6. The van der Waals surface area contributed by atoms with Crippen LogP contribution < -0.4 is 14.8 Å². The molecule has 0 radical (unpaired) electrons. The predicted octanol–water partition coefficient (Wildman–Crippen LogP) is 3.80. The summed E-state index contributed by atoms with van der Waals surface area (Å²) in [6.45, 7) is 5.30. The molecule has 0 bridgehead atoms. The Labute approximate surface area is 149 Å². The van der Waals surface area contributed by atoms with E-state index in [4.69, 9.17) is 21.1 Å². The molecule has 0 saturated carbocycles. The SMILES string of the molecule is CC(C)Cc1nnc(NC(=O)c2cc(Cl)c3c(c2)OCCCO3)s1. The Morgan fingerprint density at radius 2 is 2.12 bits per heavy atom. The van der Waals surface area contributed by atoms with Crippen molar-refractivity contribution in [2.45, 2.75) is 26.7 Å². The second kappa shape index (κ2) is 7.36. The zero-order valence-corrected chi connectivity index (χ0v) is 15.0. The topological polar surface area (TPSA) is 73.3 Å². The van der Waals surface area contributed by atoms with Gasteiger partial charge in [-0.05, 0) is 18.1 Å². The van der Waals surface area contributed by atoms with Gasteiger partial charge in [0.25, 0.3) is 5.91 Å². The molecule has 1 amide bonds. The molecule has 0 fully saturated rings. The maximum Gasteiger partial charge on any atom is 0.257 e. The first-order valence-electron chi connectivity index (χ1n) is 7.76. The molecular formula is C16H18ClN3O3S. The van der Waals surface area contributed by atoms with Gasteiger partial charge in [0.2, 0.25) is 5.13 Å². The van der Waals surface area contributed by atoms with Gasteiger partial charge in [0.1, 0.15) is 5.01 Å². The number of ether oxygens (including phenoxy) is 2. The number of amides is 1. The average molecular weight is 368 g/mol. The van der Waals surface area contributed by atoms with Gasteiger partial charge in [-0.15, -0.1) is 10.2 Å². The van der Waals surface area contributed by atoms with E-state index >= 15 is 0 Å². The Balaban J connectivity index is 1.76. The lowest BCUT2D eigenvalue weighted by atomic mass is 10.1. The Hall–Kier alpha value is -1.86. The summed E-state index contributed by atoms with van der Waals surface area (Å²) in [4.78, 5) is 12.4. The number of halogens is 1. The van der Waals surface area contributed by atoms with Crippen LogP contribution in [-0.4, -0.2) is 29.3 Å². The molecule has 1 aliphatic rings. The average Bonchev–Trinajstić information content (AvgIpc) is 2.81. The van der Waals surface area contributed by atoms with E-state index in [9.17, 15) is 4.79 Å². The lowest BCUT2D eigenvalue weighted by molar-refractivity contribution is 0.102. The third-order valence-electron chi connectivity index (χ3n) is 3.33. The smallest absolute Gasteiger partial charge is 0.257 e. The second-order valence-electron chi connectivity index (χ2n) is 5.89. The largest absolute Gasteiger partial charge is 0.489 e. The normalized spacial score (nSPS) is 13.7. The number of fused-ring (bicyclic) bond motifs is 1. The molecule has 2 heterocycles. The van der Waals surface area contributed by atoms with Crippen molar-refractivity contribution in [2.24, 2.45) is 5.92 Å². The van der Waals surface area contributed by atoms with E-state index in [-0.39, 0.29) is 5.91 Å². The zero-order valence-electron chi connectivity index (χ0n) is 13.5. The number of hydrogen-bond acceptors (Lipinski definition) is 6. The van der Waals surface area contributed by atoms with Crippen LogP contribution in [0.5, 0.6) is 11.5 Å². The van der Waals surface area contributed by atoms with Crippen LogP contribution in [0.3, 0.4) is 0 Å². The summed E-state index contributed by atoms with van der Waals surface area (Å²) in [6.07, 6.45) is 1.61. The van der Waals surface area contributed by atoms with Crippen molar-refractivity contribution in [2.75, 3.05) is 18.5 Å². The van der Waals surface area contributed by atoms with Gasteiger partial charge in [0.05, 0.1) is 18.2 Å². The minimum Gasteiger partial charge on any atom is -0.489 e. The van der Waals surface area contributed by atoms with Gasteiger partial charge in [-0.1, -0.05) is 36.8 Å². The minimum atomic E-state index is -0.306. The third-order valence-corrected chi connectivity index (χ3v) is 4.48. The summed E-state index contributed by atoms with van der Waals surface area (Å²) >= 11 is 7.60. The minimum absolute atomic E-state index is 0.306. The Kier molecular flexibility index (Phi) is 5.20. The molecule has 0 unspecified atom stereocenters.